The molecule has 0 aromatic heterocycles. The van der Waals surface area contributed by atoms with E-state index < -0.39 is 6.10 Å². The third-order valence-electron chi connectivity index (χ3n) is 12.5. The molecule has 1 unspecified atom stereocenters. The van der Waals surface area contributed by atoms with Gasteiger partial charge in [-0.15, -0.1) is 0 Å². The average molecular weight is 1060 g/mol. The first-order chi connectivity index (χ1) is 38.0. The molecule has 0 aromatic rings. The van der Waals surface area contributed by atoms with Crippen LogP contribution in [0.5, 0.6) is 0 Å². The van der Waals surface area contributed by atoms with E-state index in [0.717, 1.165) is 186 Å². The number of carbonyl (C=O) groups is 3. The molecule has 0 aliphatic heterocycles. The second-order valence-electron chi connectivity index (χ2n) is 19.8. The number of esters is 3. The zero-order valence-electron chi connectivity index (χ0n) is 49.4. The molecule has 0 bridgehead atoms. The summed E-state index contributed by atoms with van der Waals surface area (Å²) >= 11 is 0. The molecule has 0 saturated carbocycles. The van der Waals surface area contributed by atoms with Crippen LogP contribution in [0.3, 0.4) is 0 Å². The van der Waals surface area contributed by atoms with Crippen LogP contribution >= 0.6 is 0 Å². The van der Waals surface area contributed by atoms with E-state index in [-0.39, 0.29) is 31.1 Å². The van der Waals surface area contributed by atoms with Crippen LogP contribution in [0.25, 0.3) is 0 Å². The van der Waals surface area contributed by atoms with Gasteiger partial charge in [0.1, 0.15) is 13.2 Å². The van der Waals surface area contributed by atoms with E-state index in [1.54, 1.807) is 0 Å². The summed E-state index contributed by atoms with van der Waals surface area (Å²) in [5.41, 5.74) is 0. The molecule has 0 rings (SSSR count). The second-order valence-corrected chi connectivity index (χ2v) is 19.8. The molecule has 0 N–H and O–H groups in total. The van der Waals surface area contributed by atoms with Crippen molar-refractivity contribution in [2.45, 2.75) is 258 Å². The van der Waals surface area contributed by atoms with Gasteiger partial charge >= 0.3 is 17.9 Å². The Labute approximate surface area is 473 Å². The topological polar surface area (TPSA) is 78.9 Å². The fourth-order valence-electron chi connectivity index (χ4n) is 7.92. The van der Waals surface area contributed by atoms with E-state index >= 15 is 0 Å². The van der Waals surface area contributed by atoms with Crippen LogP contribution in [0.2, 0.25) is 0 Å². The normalized spacial score (nSPS) is 13.2. The van der Waals surface area contributed by atoms with E-state index in [2.05, 4.69) is 179 Å². The maximum absolute atomic E-state index is 12.9. The number of carbonyl (C=O) groups excluding carboxylic acids is 3. The molecule has 0 aromatic carbocycles. The Morgan fingerprint density at radius 1 is 0.273 bits per heavy atom. The summed E-state index contributed by atoms with van der Waals surface area (Å²) in [4.78, 5) is 38.2. The molecule has 0 fully saturated rings. The summed E-state index contributed by atoms with van der Waals surface area (Å²) in [6.07, 6.45) is 92.4. The fourth-order valence-corrected chi connectivity index (χ4v) is 7.92. The lowest BCUT2D eigenvalue weighted by molar-refractivity contribution is -0.167. The highest BCUT2D eigenvalue weighted by molar-refractivity contribution is 5.71. The molecule has 1 atom stereocenters. The molecular formula is C71H112O6. The Hall–Kier alpha value is -4.97. The van der Waals surface area contributed by atoms with Crippen molar-refractivity contribution in [2.24, 2.45) is 0 Å². The van der Waals surface area contributed by atoms with Gasteiger partial charge in [0, 0.05) is 19.3 Å². The van der Waals surface area contributed by atoms with Crippen molar-refractivity contribution in [2.75, 3.05) is 13.2 Å². The summed E-state index contributed by atoms with van der Waals surface area (Å²) < 4.78 is 16.9. The van der Waals surface area contributed by atoms with Crippen molar-refractivity contribution >= 4 is 17.9 Å². The maximum atomic E-state index is 12.9. The first-order valence-electron chi connectivity index (χ1n) is 31.0. The third-order valence-corrected chi connectivity index (χ3v) is 12.5. The van der Waals surface area contributed by atoms with Crippen molar-refractivity contribution in [1.82, 2.24) is 0 Å². The molecule has 0 aliphatic carbocycles. The van der Waals surface area contributed by atoms with Gasteiger partial charge in [0.15, 0.2) is 6.10 Å². The van der Waals surface area contributed by atoms with Crippen LogP contribution in [0, 0.1) is 0 Å². The quantitative estimate of drug-likeness (QED) is 0.0261. The molecule has 0 amide bonds. The minimum atomic E-state index is -0.808. The van der Waals surface area contributed by atoms with Gasteiger partial charge in [0.25, 0.3) is 0 Å². The first-order valence-corrected chi connectivity index (χ1v) is 31.0. The molecule has 0 spiro atoms. The van der Waals surface area contributed by atoms with Gasteiger partial charge in [0.2, 0.25) is 0 Å². The lowest BCUT2D eigenvalue weighted by Crippen LogP contribution is -2.30. The molecular weight excluding hydrogens is 949 g/mol. The van der Waals surface area contributed by atoms with Gasteiger partial charge in [-0.05, 0) is 141 Å². The Bertz CT molecular complexity index is 1740. The standard InChI is InChI=1S/C71H112O6/c1-4-7-10-13-16-19-22-25-27-29-30-31-32-33-34-35-36-37-38-39-40-42-43-46-49-52-55-58-61-64-70(73)76-67-68(66-75-69(72)63-60-57-54-51-48-45-24-21-18-15-12-9-6-3)77-71(74)65-62-59-56-53-50-47-44-41-28-26-23-20-17-14-11-8-5-2/h7-8,10-12,15-17,19-21,24-28,30-31,33-34,36-37,39-40,43,46,68H,4-6,9,13-14,18,22-23,29,32,35,38,41-42,44-45,47-67H2,1-3H3/b10-7-,11-8-,15-12-,19-16-,20-17-,24-21-,27-25-,28-26-,31-30-,34-33-,37-36-,40-39-,46-43-. The predicted octanol–water partition coefficient (Wildman–Crippen LogP) is 21.3. The maximum Gasteiger partial charge on any atom is 0.306 e. The van der Waals surface area contributed by atoms with E-state index in [4.69, 9.17) is 14.2 Å². The van der Waals surface area contributed by atoms with Gasteiger partial charge in [-0.25, -0.2) is 0 Å². The average Bonchev–Trinajstić information content (AvgIpc) is 3.43. The molecule has 0 heterocycles. The zero-order valence-corrected chi connectivity index (χ0v) is 49.4. The number of unbranched alkanes of at least 4 members (excludes halogenated alkanes) is 17. The monoisotopic (exact) mass is 1060 g/mol. The zero-order chi connectivity index (χ0) is 55.7. The predicted molar refractivity (Wildman–Crippen MR) is 334 cm³/mol. The minimum Gasteiger partial charge on any atom is -0.462 e. The lowest BCUT2D eigenvalue weighted by atomic mass is 10.1. The van der Waals surface area contributed by atoms with Crippen molar-refractivity contribution in [1.29, 1.82) is 0 Å². The minimum absolute atomic E-state index is 0.104. The van der Waals surface area contributed by atoms with Crippen molar-refractivity contribution in [3.8, 4) is 0 Å². The summed E-state index contributed by atoms with van der Waals surface area (Å²) in [5.74, 6) is -0.958. The number of ether oxygens (including phenoxy) is 3. The largest absolute Gasteiger partial charge is 0.462 e. The molecule has 432 valence electrons. The van der Waals surface area contributed by atoms with E-state index in [9.17, 15) is 14.4 Å². The van der Waals surface area contributed by atoms with Crippen LogP contribution in [-0.2, 0) is 28.6 Å². The number of allylic oxidation sites excluding steroid dienone is 26. The number of hydrogen-bond donors (Lipinski definition) is 0. The number of hydrogen-bond acceptors (Lipinski definition) is 6. The van der Waals surface area contributed by atoms with Gasteiger partial charge in [0.05, 0.1) is 0 Å². The van der Waals surface area contributed by atoms with Gasteiger partial charge < -0.3 is 14.2 Å². The second kappa shape index (κ2) is 63.6. The first kappa shape index (κ1) is 72.0. The summed E-state index contributed by atoms with van der Waals surface area (Å²) in [5, 5.41) is 0. The Balaban J connectivity index is 4.42. The Morgan fingerprint density at radius 2 is 0.506 bits per heavy atom. The Kier molecular flexibility index (Phi) is 59.5. The highest BCUT2D eigenvalue weighted by Crippen LogP contribution is 2.14. The summed E-state index contributed by atoms with van der Waals surface area (Å²) in [6.45, 7) is 6.30. The molecule has 6 heteroatoms. The van der Waals surface area contributed by atoms with Crippen molar-refractivity contribution < 1.29 is 28.6 Å². The summed E-state index contributed by atoms with van der Waals surface area (Å²) in [7, 11) is 0. The van der Waals surface area contributed by atoms with E-state index in [0.29, 0.717) is 19.3 Å². The van der Waals surface area contributed by atoms with Gasteiger partial charge in [-0.1, -0.05) is 249 Å². The smallest absolute Gasteiger partial charge is 0.306 e. The highest BCUT2D eigenvalue weighted by Gasteiger charge is 2.19. The fraction of sp³-hybridized carbons (Fsp3) is 0.592. The van der Waals surface area contributed by atoms with Gasteiger partial charge in [-0.2, -0.15) is 0 Å². The molecule has 6 nitrogen and oxygen atoms in total. The van der Waals surface area contributed by atoms with E-state index in [1.807, 2.05) is 0 Å². The highest BCUT2D eigenvalue weighted by atomic mass is 16.6. The third kappa shape index (κ3) is 61.8. The van der Waals surface area contributed by atoms with Crippen LogP contribution in [0.4, 0.5) is 0 Å². The van der Waals surface area contributed by atoms with E-state index in [1.165, 1.54) is 25.7 Å². The molecule has 0 radical (unpaired) electrons. The van der Waals surface area contributed by atoms with Crippen LogP contribution in [0.1, 0.15) is 252 Å². The Morgan fingerprint density at radius 3 is 0.792 bits per heavy atom. The molecule has 0 aliphatic rings. The van der Waals surface area contributed by atoms with Gasteiger partial charge in [-0.3, -0.25) is 14.4 Å². The lowest BCUT2D eigenvalue weighted by Gasteiger charge is -2.18. The van der Waals surface area contributed by atoms with Crippen LogP contribution in [0.15, 0.2) is 158 Å². The van der Waals surface area contributed by atoms with Crippen molar-refractivity contribution in [3.63, 3.8) is 0 Å². The van der Waals surface area contributed by atoms with Crippen LogP contribution < -0.4 is 0 Å². The van der Waals surface area contributed by atoms with Crippen LogP contribution in [-0.4, -0.2) is 37.2 Å². The molecule has 77 heavy (non-hydrogen) atoms. The van der Waals surface area contributed by atoms with Crippen molar-refractivity contribution in [3.05, 3.63) is 158 Å². The number of rotatable bonds is 54. The molecule has 0 saturated heterocycles. The SMILES string of the molecule is CC/C=C\C/C=C\C/C=C\C/C=C\C/C=C\C/C=C\C/C=C\C/C=C\CCCCCCC(=O)OCC(COC(=O)CCCCCCC/C=C\C/C=C\CCC)OC(=O)CCCCCCCCC/C=C\C/C=C\C/C=C\CC. The summed E-state index contributed by atoms with van der Waals surface area (Å²) in [6, 6.07) is 0.